The summed E-state index contributed by atoms with van der Waals surface area (Å²) in [6.07, 6.45) is 1.84. The largest absolute Gasteiger partial charge is 0.479 e. The zero-order chi connectivity index (χ0) is 31.8. The molecule has 1 heterocycles. The van der Waals surface area contributed by atoms with Crippen molar-refractivity contribution in [3.63, 3.8) is 0 Å². The van der Waals surface area contributed by atoms with E-state index in [0.29, 0.717) is 31.2 Å². The molecule has 0 bridgehead atoms. The summed E-state index contributed by atoms with van der Waals surface area (Å²) in [5.74, 6) is -2.68. The van der Waals surface area contributed by atoms with E-state index in [1.54, 1.807) is 19.1 Å². The number of carboxylic acid groups (broad SMARTS) is 1. The molecule has 0 saturated carbocycles. The van der Waals surface area contributed by atoms with Gasteiger partial charge in [-0.3, -0.25) is 28.9 Å². The smallest absolute Gasteiger partial charge is 0.333 e. The van der Waals surface area contributed by atoms with Crippen LogP contribution in [0.3, 0.4) is 0 Å². The van der Waals surface area contributed by atoms with Gasteiger partial charge in [0, 0.05) is 45.7 Å². The highest BCUT2D eigenvalue weighted by Gasteiger charge is 2.34. The summed E-state index contributed by atoms with van der Waals surface area (Å²) >= 11 is 0. The maximum Gasteiger partial charge on any atom is 0.333 e. The molecule has 0 spiro atoms. The molecule has 4 amide bonds. The van der Waals surface area contributed by atoms with Crippen LogP contribution in [0.15, 0.2) is 30.4 Å². The molecule has 1 aromatic rings. The summed E-state index contributed by atoms with van der Waals surface area (Å²) in [5.41, 5.74) is 0.746. The number of aliphatic carboxylic acids is 1. The Balaban J connectivity index is 1.87. The number of carbonyl (C=O) groups excluding carboxylic acids is 5. The molecule has 0 radical (unpaired) electrons. The highest BCUT2D eigenvalue weighted by molar-refractivity contribution is 5.94. The first-order valence-electron chi connectivity index (χ1n) is 14.0. The number of carbonyl (C=O) groups is 6. The maximum atomic E-state index is 12.7. The number of aliphatic hydroxyl groups is 1. The Morgan fingerprint density at radius 2 is 1.86 bits per heavy atom. The van der Waals surface area contributed by atoms with Gasteiger partial charge in [-0.1, -0.05) is 18.6 Å². The number of hydrogen-bond donors (Lipinski definition) is 4. The van der Waals surface area contributed by atoms with E-state index in [1.807, 2.05) is 0 Å². The zero-order valence-electron chi connectivity index (χ0n) is 24.3. The number of benzene rings is 1. The van der Waals surface area contributed by atoms with Crippen LogP contribution >= 0.6 is 0 Å². The van der Waals surface area contributed by atoms with E-state index in [1.165, 1.54) is 25.1 Å². The van der Waals surface area contributed by atoms with Gasteiger partial charge in [0.05, 0.1) is 11.8 Å². The fourth-order valence-electron chi connectivity index (χ4n) is 4.10. The van der Waals surface area contributed by atoms with Crippen LogP contribution in [0.1, 0.15) is 64.4 Å². The number of imide groups is 1. The first-order valence-corrected chi connectivity index (χ1v) is 14.0. The molecule has 14 nitrogen and oxygen atoms in total. The molecule has 0 aliphatic carbocycles. The number of nitrogens with zero attached hydrogens (tertiary/aromatic N) is 1. The number of nitrogens with one attached hydrogen (secondary N) is 2. The molecule has 236 valence electrons. The Morgan fingerprint density at radius 1 is 1.09 bits per heavy atom. The molecular formula is C29H39N3O11. The molecular weight excluding hydrogens is 566 g/mol. The van der Waals surface area contributed by atoms with Crippen molar-refractivity contribution in [1.29, 1.82) is 0 Å². The van der Waals surface area contributed by atoms with Gasteiger partial charge < -0.3 is 35.1 Å². The maximum absolute atomic E-state index is 12.7. The fraction of sp³-hybridized carbons (Fsp3) is 0.517. The van der Waals surface area contributed by atoms with E-state index in [-0.39, 0.29) is 62.7 Å². The van der Waals surface area contributed by atoms with Crippen LogP contribution in [0, 0.1) is 0 Å². The van der Waals surface area contributed by atoms with Gasteiger partial charge in [0.25, 0.3) is 5.91 Å². The van der Waals surface area contributed by atoms with Crippen molar-refractivity contribution in [1.82, 2.24) is 10.2 Å². The SMILES string of the molecule is C/C=C\C(=O)N(C=O)CCCCCC(=O)NCCC(=O)Nc1cc(COC(C)=O)ccc1OC1CC(O)CC(C(=O)O)O1. The molecule has 2 rings (SSSR count). The van der Waals surface area contributed by atoms with E-state index >= 15 is 0 Å². The molecule has 4 N–H and O–H groups in total. The molecule has 3 atom stereocenters. The fourth-order valence-corrected chi connectivity index (χ4v) is 4.10. The van der Waals surface area contributed by atoms with Gasteiger partial charge in [-0.05, 0) is 43.5 Å². The minimum absolute atomic E-state index is 0.0159. The quantitative estimate of drug-likeness (QED) is 0.0871. The third-order valence-corrected chi connectivity index (χ3v) is 6.26. The number of allylic oxidation sites excluding steroid dienone is 1. The van der Waals surface area contributed by atoms with Crippen molar-refractivity contribution in [3.8, 4) is 5.75 Å². The minimum atomic E-state index is -1.25. The standard InChI is InChI=1S/C29H39N3O11/c1-3-7-27(38)32(18-33)13-6-4-5-8-25(36)30-12-11-26(37)31-22-14-20(17-41-19(2)34)9-10-23(22)42-28-16-21(35)15-24(43-28)29(39)40/h3,7,9-10,14,18,21,24,28,35H,4-6,8,11-13,15-17H2,1-2H3,(H,30,36)(H,31,37)(H,39,40)/b7-3-. The van der Waals surface area contributed by atoms with E-state index in [9.17, 15) is 39.0 Å². The van der Waals surface area contributed by atoms with Crippen molar-refractivity contribution in [2.45, 2.75) is 83.9 Å². The van der Waals surface area contributed by atoms with E-state index in [2.05, 4.69) is 10.6 Å². The highest BCUT2D eigenvalue weighted by atomic mass is 16.7. The number of anilines is 1. The highest BCUT2D eigenvalue weighted by Crippen LogP contribution is 2.30. The van der Waals surface area contributed by atoms with Gasteiger partial charge in [0.15, 0.2) is 6.10 Å². The van der Waals surface area contributed by atoms with Gasteiger partial charge in [-0.15, -0.1) is 0 Å². The number of amides is 4. The predicted molar refractivity (Wildman–Crippen MR) is 151 cm³/mol. The van der Waals surface area contributed by atoms with Crippen LogP contribution in [0.25, 0.3) is 0 Å². The molecule has 3 unspecified atom stereocenters. The van der Waals surface area contributed by atoms with Gasteiger partial charge in [0.2, 0.25) is 24.5 Å². The van der Waals surface area contributed by atoms with Crippen LogP contribution in [0.2, 0.25) is 0 Å². The van der Waals surface area contributed by atoms with Gasteiger partial charge in [-0.2, -0.15) is 0 Å². The Bertz CT molecular complexity index is 1170. The number of esters is 1. The Morgan fingerprint density at radius 3 is 2.53 bits per heavy atom. The van der Waals surface area contributed by atoms with Crippen molar-refractivity contribution >= 4 is 41.8 Å². The predicted octanol–water partition coefficient (Wildman–Crippen LogP) is 1.65. The number of ether oxygens (including phenoxy) is 3. The third kappa shape index (κ3) is 13.0. The number of hydrogen-bond acceptors (Lipinski definition) is 10. The zero-order valence-corrected chi connectivity index (χ0v) is 24.3. The summed E-state index contributed by atoms with van der Waals surface area (Å²) < 4.78 is 16.2. The van der Waals surface area contributed by atoms with Gasteiger partial charge in [0.1, 0.15) is 12.4 Å². The normalized spacial score (nSPS) is 18.0. The monoisotopic (exact) mass is 605 g/mol. The summed E-state index contributed by atoms with van der Waals surface area (Å²) in [5, 5.41) is 24.7. The first kappa shape index (κ1) is 34.9. The Kier molecular flexibility index (Phi) is 14.8. The second-order valence-electron chi connectivity index (χ2n) is 9.84. The van der Waals surface area contributed by atoms with Crippen molar-refractivity contribution in [2.24, 2.45) is 0 Å². The first-order chi connectivity index (χ1) is 20.5. The van der Waals surface area contributed by atoms with Crippen LogP contribution < -0.4 is 15.4 Å². The molecule has 1 aliphatic rings. The second-order valence-corrected chi connectivity index (χ2v) is 9.84. The van der Waals surface area contributed by atoms with Gasteiger partial charge in [-0.25, -0.2) is 4.79 Å². The van der Waals surface area contributed by atoms with E-state index in [0.717, 1.165) is 4.90 Å². The topological polar surface area (TPSA) is 198 Å². The Hall–Kier alpha value is -4.30. The van der Waals surface area contributed by atoms with Crippen LogP contribution in [0.4, 0.5) is 5.69 Å². The average molecular weight is 606 g/mol. The number of unbranched alkanes of at least 4 members (excludes halogenated alkanes) is 2. The van der Waals surface area contributed by atoms with Crippen molar-refractivity contribution in [3.05, 3.63) is 35.9 Å². The Labute approximate surface area is 249 Å². The molecule has 43 heavy (non-hydrogen) atoms. The van der Waals surface area contributed by atoms with Crippen LogP contribution in [-0.2, 0) is 44.8 Å². The number of rotatable bonds is 17. The van der Waals surface area contributed by atoms with Crippen molar-refractivity contribution in [2.75, 3.05) is 18.4 Å². The molecule has 1 fully saturated rings. The summed E-state index contributed by atoms with van der Waals surface area (Å²) in [6, 6.07) is 4.63. The lowest BCUT2D eigenvalue weighted by atomic mass is 10.1. The summed E-state index contributed by atoms with van der Waals surface area (Å²) in [4.78, 5) is 71.2. The lowest BCUT2D eigenvalue weighted by Crippen LogP contribution is -2.42. The second kappa shape index (κ2) is 18.3. The lowest BCUT2D eigenvalue weighted by molar-refractivity contribution is -0.195. The minimum Gasteiger partial charge on any atom is -0.479 e. The molecule has 0 aromatic heterocycles. The average Bonchev–Trinajstić information content (AvgIpc) is 2.94. The molecule has 1 aromatic carbocycles. The molecule has 1 saturated heterocycles. The molecule has 1 aliphatic heterocycles. The van der Waals surface area contributed by atoms with E-state index < -0.39 is 42.3 Å². The molecule has 14 heteroatoms. The lowest BCUT2D eigenvalue weighted by Gasteiger charge is -2.31. The number of carboxylic acids is 1. The van der Waals surface area contributed by atoms with Crippen LogP contribution in [0.5, 0.6) is 5.75 Å². The number of aliphatic hydroxyl groups excluding tert-OH is 1. The van der Waals surface area contributed by atoms with Crippen LogP contribution in [-0.4, -0.2) is 82.8 Å². The van der Waals surface area contributed by atoms with Gasteiger partial charge >= 0.3 is 11.9 Å². The summed E-state index contributed by atoms with van der Waals surface area (Å²) in [6.45, 7) is 3.20. The van der Waals surface area contributed by atoms with Crippen molar-refractivity contribution < 1.29 is 53.2 Å². The third-order valence-electron chi connectivity index (χ3n) is 6.26. The summed E-state index contributed by atoms with van der Waals surface area (Å²) in [7, 11) is 0. The van der Waals surface area contributed by atoms with E-state index in [4.69, 9.17) is 14.2 Å².